The maximum absolute atomic E-state index is 12.1. The van der Waals surface area contributed by atoms with Gasteiger partial charge < -0.3 is 0 Å². The quantitative estimate of drug-likeness (QED) is 0.837. The second kappa shape index (κ2) is 5.80. The van der Waals surface area contributed by atoms with E-state index in [0.29, 0.717) is 12.5 Å². The van der Waals surface area contributed by atoms with Crippen molar-refractivity contribution in [2.45, 2.75) is 35.5 Å². The van der Waals surface area contributed by atoms with E-state index >= 15 is 0 Å². The van der Waals surface area contributed by atoms with Gasteiger partial charge in [-0.2, -0.15) is 0 Å². The van der Waals surface area contributed by atoms with Crippen LogP contribution in [-0.4, -0.2) is 23.4 Å². The zero-order valence-electron chi connectivity index (χ0n) is 10.9. The van der Waals surface area contributed by atoms with E-state index < -0.39 is 20.0 Å². The zero-order valence-corrected chi connectivity index (χ0v) is 12.6. The van der Waals surface area contributed by atoms with Gasteiger partial charge >= 0.3 is 0 Å². The maximum atomic E-state index is 12.1. The molecule has 1 aliphatic rings. The predicted octanol–water partition coefficient (Wildman–Crippen LogP) is 0.802. The van der Waals surface area contributed by atoms with Gasteiger partial charge in [0.25, 0.3) is 0 Å². The fourth-order valence-electron chi connectivity index (χ4n) is 2.34. The van der Waals surface area contributed by atoms with Crippen molar-refractivity contribution in [3.63, 3.8) is 0 Å². The Morgan fingerprint density at radius 2 is 1.70 bits per heavy atom. The molecule has 0 aromatic heterocycles. The molecule has 0 heterocycles. The molecule has 1 aromatic carbocycles. The monoisotopic (exact) mass is 318 g/mol. The van der Waals surface area contributed by atoms with Crippen LogP contribution in [0.2, 0.25) is 0 Å². The summed E-state index contributed by atoms with van der Waals surface area (Å²) in [6.07, 6.45) is 4.32. The molecule has 0 bridgehead atoms. The molecule has 0 spiro atoms. The number of benzene rings is 1. The van der Waals surface area contributed by atoms with Gasteiger partial charge in [0, 0.05) is 6.54 Å². The highest BCUT2D eigenvalue weighted by Crippen LogP contribution is 2.24. The van der Waals surface area contributed by atoms with Gasteiger partial charge in [0.1, 0.15) is 0 Å². The predicted molar refractivity (Wildman–Crippen MR) is 75.0 cm³/mol. The molecule has 0 saturated heterocycles. The van der Waals surface area contributed by atoms with Crippen LogP contribution in [-0.2, 0) is 20.0 Å². The minimum absolute atomic E-state index is 0.0815. The first kappa shape index (κ1) is 15.4. The summed E-state index contributed by atoms with van der Waals surface area (Å²) in [5.41, 5.74) is 0. The van der Waals surface area contributed by atoms with Crippen LogP contribution in [0.15, 0.2) is 34.1 Å². The second-order valence-electron chi connectivity index (χ2n) is 5.02. The molecule has 0 radical (unpaired) electrons. The molecule has 1 fully saturated rings. The second-order valence-corrected chi connectivity index (χ2v) is 8.35. The number of sulfonamides is 2. The first-order valence-corrected chi connectivity index (χ1v) is 9.44. The third-order valence-electron chi connectivity index (χ3n) is 3.48. The molecule has 0 amide bonds. The molecule has 0 atom stereocenters. The molecular formula is C12H18N2O4S2. The Balaban J connectivity index is 2.16. The number of primary sulfonamides is 1. The first-order chi connectivity index (χ1) is 9.29. The van der Waals surface area contributed by atoms with Crippen LogP contribution in [0.4, 0.5) is 0 Å². The highest BCUT2D eigenvalue weighted by atomic mass is 32.2. The average Bonchev–Trinajstić information content (AvgIpc) is 2.89. The third kappa shape index (κ3) is 3.78. The summed E-state index contributed by atoms with van der Waals surface area (Å²) >= 11 is 0. The molecular weight excluding hydrogens is 300 g/mol. The molecule has 0 aliphatic heterocycles. The van der Waals surface area contributed by atoms with Crippen molar-refractivity contribution in [2.24, 2.45) is 11.1 Å². The van der Waals surface area contributed by atoms with Gasteiger partial charge in [-0.3, -0.25) is 0 Å². The number of nitrogens with two attached hydrogens (primary N) is 1. The Morgan fingerprint density at radius 1 is 1.10 bits per heavy atom. The van der Waals surface area contributed by atoms with Crippen LogP contribution in [0, 0.1) is 5.92 Å². The summed E-state index contributed by atoms with van der Waals surface area (Å²) in [4.78, 5) is -0.289. The molecule has 8 heteroatoms. The zero-order chi connectivity index (χ0) is 14.8. The van der Waals surface area contributed by atoms with Crippen molar-refractivity contribution in [3.8, 4) is 0 Å². The summed E-state index contributed by atoms with van der Waals surface area (Å²) in [6.45, 7) is 0.391. The Labute approximate surface area is 119 Å². The van der Waals surface area contributed by atoms with Gasteiger partial charge in [-0.05, 0) is 37.0 Å². The van der Waals surface area contributed by atoms with Gasteiger partial charge in [-0.25, -0.2) is 26.7 Å². The van der Waals surface area contributed by atoms with Crippen LogP contribution < -0.4 is 9.86 Å². The molecule has 20 heavy (non-hydrogen) atoms. The van der Waals surface area contributed by atoms with E-state index in [2.05, 4.69) is 4.72 Å². The van der Waals surface area contributed by atoms with Crippen LogP contribution in [0.25, 0.3) is 0 Å². The standard InChI is InChI=1S/C12H18N2O4S2/c13-19(15,16)11-6-3-7-12(8-11)20(17,18)14-9-10-4-1-2-5-10/h3,6-8,10,14H,1-2,4-5,9H2,(H2,13,15,16). The summed E-state index contributed by atoms with van der Waals surface area (Å²) in [7, 11) is -7.61. The lowest BCUT2D eigenvalue weighted by Crippen LogP contribution is -2.28. The molecule has 1 aromatic rings. The van der Waals surface area contributed by atoms with E-state index in [1.54, 1.807) is 0 Å². The Morgan fingerprint density at radius 3 is 2.30 bits per heavy atom. The summed E-state index contributed by atoms with van der Waals surface area (Å²) < 4.78 is 49.3. The number of hydrogen-bond donors (Lipinski definition) is 2. The largest absolute Gasteiger partial charge is 0.240 e. The molecule has 1 aliphatic carbocycles. The lowest BCUT2D eigenvalue weighted by atomic mass is 10.1. The minimum Gasteiger partial charge on any atom is -0.225 e. The van der Waals surface area contributed by atoms with Gasteiger partial charge in [-0.15, -0.1) is 0 Å². The Bertz CT molecular complexity index is 677. The van der Waals surface area contributed by atoms with E-state index in [4.69, 9.17) is 5.14 Å². The topological polar surface area (TPSA) is 106 Å². The van der Waals surface area contributed by atoms with E-state index in [9.17, 15) is 16.8 Å². The molecule has 6 nitrogen and oxygen atoms in total. The summed E-state index contributed by atoms with van der Waals surface area (Å²) in [6, 6.07) is 5.06. The molecule has 112 valence electrons. The first-order valence-electron chi connectivity index (χ1n) is 6.41. The van der Waals surface area contributed by atoms with Gasteiger partial charge in [0.2, 0.25) is 20.0 Å². The molecule has 3 N–H and O–H groups in total. The van der Waals surface area contributed by atoms with Gasteiger partial charge in [-0.1, -0.05) is 18.9 Å². The Kier molecular flexibility index (Phi) is 4.48. The fraction of sp³-hybridized carbons (Fsp3) is 0.500. The van der Waals surface area contributed by atoms with Crippen LogP contribution >= 0.6 is 0 Å². The average molecular weight is 318 g/mol. The smallest absolute Gasteiger partial charge is 0.225 e. The van der Waals surface area contributed by atoms with Crippen molar-refractivity contribution in [1.82, 2.24) is 4.72 Å². The van der Waals surface area contributed by atoms with E-state index in [1.165, 1.54) is 18.2 Å². The van der Waals surface area contributed by atoms with Crippen molar-refractivity contribution >= 4 is 20.0 Å². The van der Waals surface area contributed by atoms with E-state index in [1.807, 2.05) is 0 Å². The molecule has 2 rings (SSSR count). The lowest BCUT2D eigenvalue weighted by molar-refractivity contribution is 0.519. The number of rotatable bonds is 5. The SMILES string of the molecule is NS(=O)(=O)c1cccc(S(=O)(=O)NCC2CCCC2)c1. The summed E-state index contributed by atoms with van der Waals surface area (Å²) in [5, 5.41) is 5.00. The highest BCUT2D eigenvalue weighted by molar-refractivity contribution is 7.90. The van der Waals surface area contributed by atoms with Crippen molar-refractivity contribution in [3.05, 3.63) is 24.3 Å². The Hall–Kier alpha value is -0.960. The van der Waals surface area contributed by atoms with Crippen LogP contribution in [0.3, 0.4) is 0 Å². The van der Waals surface area contributed by atoms with Crippen molar-refractivity contribution < 1.29 is 16.8 Å². The lowest BCUT2D eigenvalue weighted by Gasteiger charge is -2.11. The minimum atomic E-state index is -3.91. The fourth-order valence-corrected chi connectivity index (χ4v) is 4.14. The molecule has 1 saturated carbocycles. The maximum Gasteiger partial charge on any atom is 0.240 e. The van der Waals surface area contributed by atoms with Gasteiger partial charge in [0.15, 0.2) is 0 Å². The normalized spacial score (nSPS) is 17.4. The van der Waals surface area contributed by atoms with Crippen LogP contribution in [0.1, 0.15) is 25.7 Å². The molecule has 0 unspecified atom stereocenters. The number of hydrogen-bond acceptors (Lipinski definition) is 4. The van der Waals surface area contributed by atoms with Crippen LogP contribution in [0.5, 0.6) is 0 Å². The number of nitrogens with one attached hydrogen (secondary N) is 1. The van der Waals surface area contributed by atoms with Gasteiger partial charge in [0.05, 0.1) is 9.79 Å². The van der Waals surface area contributed by atoms with E-state index in [0.717, 1.165) is 31.7 Å². The van der Waals surface area contributed by atoms with Crippen molar-refractivity contribution in [1.29, 1.82) is 0 Å². The third-order valence-corrected chi connectivity index (χ3v) is 5.81. The van der Waals surface area contributed by atoms with E-state index in [-0.39, 0.29) is 9.79 Å². The van der Waals surface area contributed by atoms with Crippen molar-refractivity contribution in [2.75, 3.05) is 6.54 Å². The summed E-state index contributed by atoms with van der Waals surface area (Å²) in [5.74, 6) is 0.367. The highest BCUT2D eigenvalue weighted by Gasteiger charge is 2.21.